The van der Waals surface area contributed by atoms with E-state index in [9.17, 15) is 14.4 Å². The van der Waals surface area contributed by atoms with Crippen LogP contribution in [0.5, 0.6) is 0 Å². The van der Waals surface area contributed by atoms with Crippen molar-refractivity contribution >= 4 is 29.0 Å². The average molecular weight is 541 g/mol. The summed E-state index contributed by atoms with van der Waals surface area (Å²) in [5, 5.41) is 1.06. The first-order valence-electron chi connectivity index (χ1n) is 14.2. The summed E-state index contributed by atoms with van der Waals surface area (Å²) in [4.78, 5) is 47.3. The van der Waals surface area contributed by atoms with Gasteiger partial charge in [0.2, 0.25) is 0 Å². The van der Waals surface area contributed by atoms with Crippen LogP contribution in [-0.2, 0) is 14.3 Å². The molecule has 0 spiro atoms. The summed E-state index contributed by atoms with van der Waals surface area (Å²) in [6, 6.07) is 8.10. The Morgan fingerprint density at radius 3 is 1.90 bits per heavy atom. The summed E-state index contributed by atoms with van der Waals surface area (Å²) in [7, 11) is 0. The van der Waals surface area contributed by atoms with Crippen molar-refractivity contribution in [2.45, 2.75) is 66.2 Å². The highest BCUT2D eigenvalue weighted by atomic mass is 16.6. The normalized spacial score (nSPS) is 16.7. The third-order valence-corrected chi connectivity index (χ3v) is 7.07. The largest absolute Gasteiger partial charge is 0.449 e. The topological polar surface area (TPSA) is 102 Å². The third-order valence-electron chi connectivity index (χ3n) is 7.07. The molecule has 0 radical (unpaired) electrons. The van der Waals surface area contributed by atoms with Crippen molar-refractivity contribution in [1.29, 1.82) is 0 Å². The summed E-state index contributed by atoms with van der Waals surface area (Å²) >= 11 is 0. The fraction of sp³-hybridized carbons (Fsp3) is 0.633. The zero-order valence-electron chi connectivity index (χ0n) is 24.1. The van der Waals surface area contributed by atoms with Gasteiger partial charge in [-0.25, -0.2) is 19.6 Å². The van der Waals surface area contributed by atoms with Crippen LogP contribution in [0.15, 0.2) is 30.5 Å². The molecule has 2 fully saturated rings. The minimum absolute atomic E-state index is 0.133. The number of aromatic nitrogens is 2. The molecule has 39 heavy (non-hydrogen) atoms. The molecule has 0 aromatic carbocycles. The van der Waals surface area contributed by atoms with Crippen LogP contribution in [0.4, 0.5) is 9.59 Å². The minimum atomic E-state index is -0.240. The summed E-state index contributed by atoms with van der Waals surface area (Å²) < 4.78 is 10.4. The summed E-state index contributed by atoms with van der Waals surface area (Å²) in [5.41, 5.74) is 1.87. The fourth-order valence-electron chi connectivity index (χ4n) is 4.68. The molecule has 0 saturated carbocycles. The van der Waals surface area contributed by atoms with Gasteiger partial charge in [0.15, 0.2) is 5.65 Å². The second-order valence-electron chi connectivity index (χ2n) is 11.4. The molecular formula is C30H44N4O5. The van der Waals surface area contributed by atoms with Gasteiger partial charge in [0.05, 0.1) is 13.2 Å². The van der Waals surface area contributed by atoms with Crippen LogP contribution in [0, 0.1) is 17.8 Å². The number of carbonyl (C=O) groups is 3. The molecule has 9 heteroatoms. The lowest BCUT2D eigenvalue weighted by Gasteiger charge is -2.31. The lowest BCUT2D eigenvalue weighted by molar-refractivity contribution is -0.122. The smallest absolute Gasteiger partial charge is 0.409 e. The van der Waals surface area contributed by atoms with Gasteiger partial charge in [0.25, 0.3) is 0 Å². The Morgan fingerprint density at radius 1 is 0.846 bits per heavy atom. The molecule has 2 aromatic heterocycles. The maximum absolute atomic E-state index is 12.0. The number of ketones is 1. The molecule has 0 N–H and O–H groups in total. The number of rotatable bonds is 6. The molecule has 4 rings (SSSR count). The quantitative estimate of drug-likeness (QED) is 0.464. The maximum Gasteiger partial charge on any atom is 0.409 e. The molecule has 214 valence electrons. The van der Waals surface area contributed by atoms with E-state index in [1.165, 1.54) is 0 Å². The van der Waals surface area contributed by atoms with E-state index in [4.69, 9.17) is 9.47 Å². The van der Waals surface area contributed by atoms with E-state index < -0.39 is 0 Å². The number of carbonyl (C=O) groups excluding carboxylic acids is 3. The van der Waals surface area contributed by atoms with Crippen LogP contribution in [0.3, 0.4) is 0 Å². The van der Waals surface area contributed by atoms with E-state index >= 15 is 0 Å². The molecule has 2 amide bonds. The van der Waals surface area contributed by atoms with Crippen molar-refractivity contribution in [3.8, 4) is 0 Å². The number of piperidine rings is 2. The van der Waals surface area contributed by atoms with Crippen molar-refractivity contribution in [1.82, 2.24) is 19.8 Å². The first-order valence-corrected chi connectivity index (χ1v) is 14.2. The van der Waals surface area contributed by atoms with E-state index in [1.54, 1.807) is 22.9 Å². The van der Waals surface area contributed by atoms with Crippen molar-refractivity contribution in [3.05, 3.63) is 36.2 Å². The van der Waals surface area contributed by atoms with Crippen molar-refractivity contribution in [3.63, 3.8) is 0 Å². The molecular weight excluding hydrogens is 496 g/mol. The maximum atomic E-state index is 12.0. The van der Waals surface area contributed by atoms with E-state index in [-0.39, 0.29) is 23.9 Å². The molecule has 9 nitrogen and oxygen atoms in total. The SMILES string of the molecule is CC(=O)C1CCN(C(=O)OCC(C)C)CC1.CC(C)COC(=O)N1CCC(c2ccc3cccnc3n2)CC1. The molecule has 0 unspecified atom stereocenters. The van der Waals surface area contributed by atoms with Gasteiger partial charge >= 0.3 is 12.2 Å². The number of hydrogen-bond acceptors (Lipinski definition) is 7. The average Bonchev–Trinajstić information content (AvgIpc) is 2.94. The summed E-state index contributed by atoms with van der Waals surface area (Å²) in [6.45, 7) is 13.4. The Hall–Kier alpha value is -3.23. The Bertz CT molecular complexity index is 1090. The highest BCUT2D eigenvalue weighted by Crippen LogP contribution is 2.28. The standard InChI is InChI=1S/C18H23N3O2.C12H21NO3/c1-13(2)12-23-18(22)21-10-7-14(8-11-21)16-6-5-15-4-3-9-19-17(15)20-16;1-9(2)8-16-12(15)13-6-4-11(5-7-13)10(3)14/h3-6,9,13-14H,7-8,10-12H2,1-2H3;9,11H,4-8H2,1-3H3. The lowest BCUT2D eigenvalue weighted by Crippen LogP contribution is -2.40. The van der Waals surface area contributed by atoms with Crippen LogP contribution < -0.4 is 0 Å². The fourth-order valence-corrected chi connectivity index (χ4v) is 4.68. The number of Topliss-reactive ketones (excluding diaryl/α,β-unsaturated/α-hetero) is 1. The first-order chi connectivity index (χ1) is 18.6. The summed E-state index contributed by atoms with van der Waals surface area (Å²) in [5.74, 6) is 1.48. The second kappa shape index (κ2) is 14.8. The van der Waals surface area contributed by atoms with Crippen LogP contribution in [0.25, 0.3) is 11.0 Å². The van der Waals surface area contributed by atoms with Gasteiger partial charge < -0.3 is 19.3 Å². The second-order valence-corrected chi connectivity index (χ2v) is 11.4. The molecule has 0 atom stereocenters. The number of hydrogen-bond donors (Lipinski definition) is 0. The Morgan fingerprint density at radius 2 is 1.38 bits per heavy atom. The van der Waals surface area contributed by atoms with E-state index in [1.807, 2.05) is 39.8 Å². The Labute approximate surface area is 232 Å². The Balaban J connectivity index is 0.000000231. The minimum Gasteiger partial charge on any atom is -0.449 e. The number of ether oxygens (including phenoxy) is 2. The van der Waals surface area contributed by atoms with Crippen LogP contribution in [0.2, 0.25) is 0 Å². The molecule has 2 aliphatic rings. The molecule has 2 aliphatic heterocycles. The predicted molar refractivity (Wildman–Crippen MR) is 150 cm³/mol. The van der Waals surface area contributed by atoms with Crippen LogP contribution in [-0.4, -0.2) is 77.1 Å². The van der Waals surface area contributed by atoms with Crippen molar-refractivity contribution in [2.24, 2.45) is 17.8 Å². The van der Waals surface area contributed by atoms with Crippen molar-refractivity contribution in [2.75, 3.05) is 39.4 Å². The number of fused-ring (bicyclic) bond motifs is 1. The van der Waals surface area contributed by atoms with E-state index in [2.05, 4.69) is 22.1 Å². The molecule has 0 bridgehead atoms. The van der Waals surface area contributed by atoms with Gasteiger partial charge in [-0.1, -0.05) is 27.7 Å². The van der Waals surface area contributed by atoms with Crippen molar-refractivity contribution < 1.29 is 23.9 Å². The van der Waals surface area contributed by atoms with E-state index in [0.29, 0.717) is 44.1 Å². The molecule has 2 saturated heterocycles. The lowest BCUT2D eigenvalue weighted by atomic mass is 9.93. The van der Waals surface area contributed by atoms with Gasteiger partial charge in [0, 0.05) is 55.3 Å². The van der Waals surface area contributed by atoms with Gasteiger partial charge in [-0.2, -0.15) is 0 Å². The monoisotopic (exact) mass is 540 g/mol. The number of amides is 2. The number of pyridine rings is 2. The van der Waals surface area contributed by atoms with Crippen LogP contribution in [0.1, 0.15) is 71.9 Å². The zero-order valence-corrected chi connectivity index (χ0v) is 24.1. The van der Waals surface area contributed by atoms with Gasteiger partial charge in [-0.05, 0) is 68.7 Å². The van der Waals surface area contributed by atoms with Gasteiger partial charge in [-0.15, -0.1) is 0 Å². The first kappa shape index (κ1) is 30.3. The number of likely N-dealkylation sites (tertiary alicyclic amines) is 2. The van der Waals surface area contributed by atoms with Gasteiger partial charge in [-0.3, -0.25) is 4.79 Å². The van der Waals surface area contributed by atoms with E-state index in [0.717, 1.165) is 55.5 Å². The van der Waals surface area contributed by atoms with Gasteiger partial charge in [0.1, 0.15) is 5.78 Å². The Kier molecular flexibility index (Phi) is 11.5. The predicted octanol–water partition coefficient (Wildman–Crippen LogP) is 5.68. The molecule has 0 aliphatic carbocycles. The highest BCUT2D eigenvalue weighted by molar-refractivity contribution is 5.78. The van der Waals surface area contributed by atoms with Crippen LogP contribution >= 0.6 is 0 Å². The molecule has 4 heterocycles. The molecule has 2 aromatic rings. The third kappa shape index (κ3) is 9.48. The number of nitrogens with zero attached hydrogens (tertiary/aromatic N) is 4. The zero-order chi connectivity index (χ0) is 28.4. The highest BCUT2D eigenvalue weighted by Gasteiger charge is 2.27. The summed E-state index contributed by atoms with van der Waals surface area (Å²) in [6.07, 6.45) is 4.72.